The van der Waals surface area contributed by atoms with Crippen LogP contribution in [0.4, 0.5) is 0 Å². The number of ether oxygens (including phenoxy) is 3. The smallest absolute Gasteiger partial charge is 0.308 e. The predicted molar refractivity (Wildman–Crippen MR) is 84.4 cm³/mol. The second-order valence-corrected chi connectivity index (χ2v) is 4.90. The van der Waals surface area contributed by atoms with E-state index in [0.29, 0.717) is 11.5 Å². The second kappa shape index (κ2) is 7.45. The molecular formula is C18H18O5. The van der Waals surface area contributed by atoms with E-state index in [1.165, 1.54) is 21.0 Å². The van der Waals surface area contributed by atoms with Crippen LogP contribution in [0.15, 0.2) is 48.5 Å². The standard InChI is InChI=1S/C18H18O5/c1-12(19)22-16-10-9-15(11-17(16)21-3)18(23-13(2)20)14-7-5-4-6-8-14/h4-11,18H,1-3H3. The van der Waals surface area contributed by atoms with E-state index in [1.54, 1.807) is 18.2 Å². The maximum absolute atomic E-state index is 11.4. The lowest BCUT2D eigenvalue weighted by atomic mass is 10.0. The fraction of sp³-hybridized carbons (Fsp3) is 0.222. The van der Waals surface area contributed by atoms with Crippen molar-refractivity contribution in [2.75, 3.05) is 7.11 Å². The number of hydrogen-bond donors (Lipinski definition) is 0. The molecule has 2 aromatic carbocycles. The van der Waals surface area contributed by atoms with Crippen LogP contribution in [0.1, 0.15) is 31.1 Å². The number of carbonyl (C=O) groups is 2. The summed E-state index contributed by atoms with van der Waals surface area (Å²) in [6.45, 7) is 2.68. The van der Waals surface area contributed by atoms with Crippen molar-refractivity contribution in [1.29, 1.82) is 0 Å². The fourth-order valence-corrected chi connectivity index (χ4v) is 2.21. The van der Waals surface area contributed by atoms with Crippen LogP contribution in [0, 0.1) is 0 Å². The Kier molecular flexibility index (Phi) is 5.36. The van der Waals surface area contributed by atoms with E-state index >= 15 is 0 Å². The first-order chi connectivity index (χ1) is 11.0. The van der Waals surface area contributed by atoms with Crippen molar-refractivity contribution in [2.45, 2.75) is 20.0 Å². The number of benzene rings is 2. The van der Waals surface area contributed by atoms with Gasteiger partial charge in [-0.1, -0.05) is 36.4 Å². The first kappa shape index (κ1) is 16.5. The molecule has 0 heterocycles. The van der Waals surface area contributed by atoms with Crippen molar-refractivity contribution in [1.82, 2.24) is 0 Å². The molecule has 2 aromatic rings. The van der Waals surface area contributed by atoms with Crippen LogP contribution in [0.2, 0.25) is 0 Å². The van der Waals surface area contributed by atoms with Crippen molar-refractivity contribution >= 4 is 11.9 Å². The van der Waals surface area contributed by atoms with Crippen molar-refractivity contribution in [3.05, 3.63) is 59.7 Å². The summed E-state index contributed by atoms with van der Waals surface area (Å²) in [7, 11) is 1.48. The summed E-state index contributed by atoms with van der Waals surface area (Å²) < 4.78 is 15.8. The average Bonchev–Trinajstić information content (AvgIpc) is 2.53. The van der Waals surface area contributed by atoms with Gasteiger partial charge in [0, 0.05) is 19.4 Å². The Labute approximate surface area is 134 Å². The van der Waals surface area contributed by atoms with Gasteiger partial charge < -0.3 is 14.2 Å². The summed E-state index contributed by atoms with van der Waals surface area (Å²) in [6.07, 6.45) is -0.561. The SMILES string of the molecule is COc1cc(C(OC(C)=O)c2ccccc2)ccc1OC(C)=O. The van der Waals surface area contributed by atoms with E-state index in [-0.39, 0.29) is 5.97 Å². The average molecular weight is 314 g/mol. The molecule has 0 aliphatic heterocycles. The zero-order valence-electron chi connectivity index (χ0n) is 13.2. The van der Waals surface area contributed by atoms with Crippen LogP contribution in [0.3, 0.4) is 0 Å². The van der Waals surface area contributed by atoms with Crippen LogP contribution in [0.5, 0.6) is 11.5 Å². The molecule has 0 bridgehead atoms. The van der Waals surface area contributed by atoms with Gasteiger partial charge in [-0.3, -0.25) is 9.59 Å². The molecular weight excluding hydrogens is 296 g/mol. The molecule has 0 fully saturated rings. The molecule has 0 aliphatic carbocycles. The lowest BCUT2D eigenvalue weighted by molar-refractivity contribution is -0.144. The molecule has 2 rings (SSSR count). The van der Waals surface area contributed by atoms with E-state index in [1.807, 2.05) is 30.3 Å². The summed E-state index contributed by atoms with van der Waals surface area (Å²) in [5.41, 5.74) is 1.56. The van der Waals surface area contributed by atoms with Gasteiger partial charge in [0.05, 0.1) is 7.11 Å². The summed E-state index contributed by atoms with van der Waals surface area (Å²) >= 11 is 0. The summed E-state index contributed by atoms with van der Waals surface area (Å²) in [5, 5.41) is 0. The van der Waals surface area contributed by atoms with Gasteiger partial charge in [-0.15, -0.1) is 0 Å². The number of rotatable bonds is 5. The van der Waals surface area contributed by atoms with Gasteiger partial charge in [-0.25, -0.2) is 0 Å². The highest BCUT2D eigenvalue weighted by Crippen LogP contribution is 2.34. The van der Waals surface area contributed by atoms with Crippen molar-refractivity contribution in [2.24, 2.45) is 0 Å². The number of hydrogen-bond acceptors (Lipinski definition) is 5. The van der Waals surface area contributed by atoms with Gasteiger partial charge >= 0.3 is 11.9 Å². The molecule has 0 N–H and O–H groups in total. The lowest BCUT2D eigenvalue weighted by Crippen LogP contribution is -2.11. The molecule has 5 nitrogen and oxygen atoms in total. The number of esters is 2. The molecule has 0 saturated carbocycles. The first-order valence-corrected chi connectivity index (χ1v) is 7.09. The minimum atomic E-state index is -0.561. The van der Waals surface area contributed by atoms with Crippen molar-refractivity contribution < 1.29 is 23.8 Å². The predicted octanol–water partition coefficient (Wildman–Crippen LogP) is 3.27. The molecule has 0 spiro atoms. The highest BCUT2D eigenvalue weighted by atomic mass is 16.6. The molecule has 0 saturated heterocycles. The zero-order chi connectivity index (χ0) is 16.8. The minimum Gasteiger partial charge on any atom is -0.493 e. The third kappa shape index (κ3) is 4.32. The van der Waals surface area contributed by atoms with Crippen LogP contribution in [0.25, 0.3) is 0 Å². The van der Waals surface area contributed by atoms with E-state index in [0.717, 1.165) is 11.1 Å². The molecule has 5 heteroatoms. The van der Waals surface area contributed by atoms with Crippen LogP contribution in [-0.4, -0.2) is 19.0 Å². The molecule has 120 valence electrons. The van der Waals surface area contributed by atoms with Crippen molar-refractivity contribution in [3.8, 4) is 11.5 Å². The van der Waals surface area contributed by atoms with Crippen LogP contribution in [-0.2, 0) is 14.3 Å². The normalized spacial score (nSPS) is 11.4. The molecule has 0 aromatic heterocycles. The Morgan fingerprint density at radius 2 is 1.57 bits per heavy atom. The maximum atomic E-state index is 11.4. The summed E-state index contributed by atoms with van der Waals surface area (Å²) in [5.74, 6) is -0.110. The Hall–Kier alpha value is -2.82. The molecule has 0 radical (unpaired) electrons. The third-order valence-electron chi connectivity index (χ3n) is 3.13. The van der Waals surface area contributed by atoms with Crippen LogP contribution < -0.4 is 9.47 Å². The Morgan fingerprint density at radius 1 is 0.870 bits per heavy atom. The number of methoxy groups -OCH3 is 1. The summed E-state index contributed by atoms with van der Waals surface area (Å²) in [6, 6.07) is 14.4. The Bertz CT molecular complexity index is 694. The van der Waals surface area contributed by atoms with Gasteiger partial charge in [-0.05, 0) is 17.7 Å². The highest BCUT2D eigenvalue weighted by molar-refractivity contribution is 5.70. The number of carbonyl (C=O) groups excluding carboxylic acids is 2. The molecule has 23 heavy (non-hydrogen) atoms. The Morgan fingerprint density at radius 3 is 2.13 bits per heavy atom. The third-order valence-corrected chi connectivity index (χ3v) is 3.13. The zero-order valence-corrected chi connectivity index (χ0v) is 13.2. The van der Waals surface area contributed by atoms with Crippen LogP contribution >= 0.6 is 0 Å². The molecule has 0 amide bonds. The molecule has 0 aliphatic rings. The van der Waals surface area contributed by atoms with E-state index < -0.39 is 12.1 Å². The minimum absolute atomic E-state index is 0.318. The maximum Gasteiger partial charge on any atom is 0.308 e. The first-order valence-electron chi connectivity index (χ1n) is 7.09. The second-order valence-electron chi connectivity index (χ2n) is 4.90. The largest absolute Gasteiger partial charge is 0.493 e. The lowest BCUT2D eigenvalue weighted by Gasteiger charge is -2.19. The van der Waals surface area contributed by atoms with Gasteiger partial charge in [-0.2, -0.15) is 0 Å². The van der Waals surface area contributed by atoms with E-state index in [9.17, 15) is 9.59 Å². The van der Waals surface area contributed by atoms with Gasteiger partial charge in [0.2, 0.25) is 0 Å². The Balaban J connectivity index is 2.42. The molecule has 1 atom stereocenters. The van der Waals surface area contributed by atoms with Gasteiger partial charge in [0.1, 0.15) is 0 Å². The van der Waals surface area contributed by atoms with Gasteiger partial charge in [0.15, 0.2) is 17.6 Å². The quantitative estimate of drug-likeness (QED) is 0.626. The fourth-order valence-electron chi connectivity index (χ4n) is 2.21. The topological polar surface area (TPSA) is 61.8 Å². The van der Waals surface area contributed by atoms with E-state index in [4.69, 9.17) is 14.2 Å². The van der Waals surface area contributed by atoms with Crippen molar-refractivity contribution in [3.63, 3.8) is 0 Å². The molecule has 1 unspecified atom stereocenters. The van der Waals surface area contributed by atoms with E-state index in [2.05, 4.69) is 0 Å². The monoisotopic (exact) mass is 314 g/mol. The van der Waals surface area contributed by atoms with Gasteiger partial charge in [0.25, 0.3) is 0 Å². The summed E-state index contributed by atoms with van der Waals surface area (Å²) in [4.78, 5) is 22.6. The highest BCUT2D eigenvalue weighted by Gasteiger charge is 2.19.